The van der Waals surface area contributed by atoms with Crippen molar-refractivity contribution >= 4 is 32.8 Å². The fourth-order valence-electron chi connectivity index (χ4n) is 2.43. The summed E-state index contributed by atoms with van der Waals surface area (Å²) in [6.45, 7) is 2.29. The summed E-state index contributed by atoms with van der Waals surface area (Å²) >= 11 is 3.50. The van der Waals surface area contributed by atoms with E-state index >= 15 is 0 Å². The number of benzene rings is 1. The highest BCUT2D eigenvalue weighted by molar-refractivity contribution is 9.10. The molecule has 7 heteroatoms. The lowest BCUT2D eigenvalue weighted by Gasteiger charge is -2.18. The molecular weight excluding hydrogens is 360 g/mol. The van der Waals surface area contributed by atoms with Gasteiger partial charge in [0.05, 0.1) is 12.2 Å². The Morgan fingerprint density at radius 2 is 2.30 bits per heavy atom. The third-order valence-electron chi connectivity index (χ3n) is 3.66. The Hall–Kier alpha value is -2.59. The number of hydrogen-bond donors (Lipinski definition) is 1. The van der Waals surface area contributed by atoms with Crippen LogP contribution in [0.15, 0.2) is 33.3 Å². The molecule has 0 spiro atoms. The Labute approximate surface area is 140 Å². The lowest BCUT2D eigenvalue weighted by Crippen LogP contribution is -2.27. The minimum absolute atomic E-state index is 0.130. The number of nitrogens with one attached hydrogen (secondary N) is 1. The van der Waals surface area contributed by atoms with E-state index in [0.717, 1.165) is 21.1 Å². The predicted octanol–water partition coefficient (Wildman–Crippen LogP) is 3.37. The Morgan fingerprint density at radius 3 is 2.96 bits per heavy atom. The van der Waals surface area contributed by atoms with Gasteiger partial charge in [0.15, 0.2) is 0 Å². The molecule has 0 radical (unpaired) electrons. The average molecular weight is 373 g/mol. The topological polar surface area (TPSA) is 85.9 Å². The highest BCUT2D eigenvalue weighted by atomic mass is 79.9. The highest BCUT2D eigenvalue weighted by Gasteiger charge is 2.20. The second kappa shape index (κ2) is 5.89. The number of aromatic amines is 1. The molecule has 0 aliphatic carbocycles. The van der Waals surface area contributed by atoms with Gasteiger partial charge in [-0.05, 0) is 40.5 Å². The van der Waals surface area contributed by atoms with Gasteiger partial charge in [-0.2, -0.15) is 10.4 Å². The molecule has 0 unspecified atom stereocenters. The van der Waals surface area contributed by atoms with Gasteiger partial charge in [-0.3, -0.25) is 9.89 Å². The molecule has 116 valence electrons. The molecular formula is C16H13BrN4O2. The maximum atomic E-state index is 12.7. The fraction of sp³-hybridized carbons (Fsp3) is 0.188. The molecule has 6 nitrogen and oxygen atoms in total. The Bertz CT molecular complexity index is 922. The summed E-state index contributed by atoms with van der Waals surface area (Å²) < 4.78 is 6.21. The number of H-pyrrole nitrogens is 1. The molecule has 2 aromatic heterocycles. The summed E-state index contributed by atoms with van der Waals surface area (Å²) in [7, 11) is 1.73. The summed E-state index contributed by atoms with van der Waals surface area (Å²) in [5.74, 6) is 0.0881. The smallest absolute Gasteiger partial charge is 0.254 e. The Kier molecular flexibility index (Phi) is 3.92. The van der Waals surface area contributed by atoms with Crippen molar-refractivity contribution in [2.45, 2.75) is 13.5 Å². The minimum Gasteiger partial charge on any atom is -0.446 e. The van der Waals surface area contributed by atoms with Gasteiger partial charge in [0.25, 0.3) is 5.91 Å². The summed E-state index contributed by atoms with van der Waals surface area (Å²) in [5.41, 5.74) is 2.70. The fourth-order valence-corrected chi connectivity index (χ4v) is 2.95. The molecule has 0 saturated carbocycles. The van der Waals surface area contributed by atoms with E-state index in [1.165, 1.54) is 0 Å². The zero-order chi connectivity index (χ0) is 16.6. The van der Waals surface area contributed by atoms with Crippen LogP contribution < -0.4 is 0 Å². The van der Waals surface area contributed by atoms with E-state index in [-0.39, 0.29) is 11.7 Å². The largest absolute Gasteiger partial charge is 0.446 e. The quantitative estimate of drug-likeness (QED) is 0.763. The van der Waals surface area contributed by atoms with Crippen LogP contribution in [-0.2, 0) is 6.54 Å². The third kappa shape index (κ3) is 2.73. The van der Waals surface area contributed by atoms with Crippen molar-refractivity contribution in [1.82, 2.24) is 15.1 Å². The normalized spacial score (nSPS) is 10.7. The van der Waals surface area contributed by atoms with Crippen molar-refractivity contribution in [1.29, 1.82) is 5.26 Å². The van der Waals surface area contributed by atoms with Crippen LogP contribution in [0, 0.1) is 18.3 Å². The van der Waals surface area contributed by atoms with Crippen LogP contribution in [0.5, 0.6) is 0 Å². The zero-order valence-electron chi connectivity index (χ0n) is 12.6. The van der Waals surface area contributed by atoms with Gasteiger partial charge in [-0.25, -0.2) is 0 Å². The van der Waals surface area contributed by atoms with Crippen LogP contribution in [0.3, 0.4) is 0 Å². The SMILES string of the molecule is Cc1c(C(=O)N(C)Cc2ccn[nH]2)cc2oc(C#N)cc2c1Br. The standard InChI is InChI=1S/C16H13BrN4O2/c1-9-12(16(22)21(2)8-10-3-4-19-20-10)6-14-13(15(9)17)5-11(7-18)23-14/h3-6H,8H2,1-2H3,(H,19,20). The predicted molar refractivity (Wildman–Crippen MR) is 87.8 cm³/mol. The number of furan rings is 1. The van der Waals surface area contributed by atoms with E-state index in [0.29, 0.717) is 17.7 Å². The summed E-state index contributed by atoms with van der Waals surface area (Å²) in [5, 5.41) is 16.5. The van der Waals surface area contributed by atoms with Gasteiger partial charge >= 0.3 is 0 Å². The van der Waals surface area contributed by atoms with Gasteiger partial charge < -0.3 is 9.32 Å². The van der Waals surface area contributed by atoms with E-state index in [1.54, 1.807) is 30.3 Å². The molecule has 0 aliphatic heterocycles. The Balaban J connectivity index is 2.00. The highest BCUT2D eigenvalue weighted by Crippen LogP contribution is 2.33. The number of nitriles is 1. The van der Waals surface area contributed by atoms with Crippen LogP contribution in [0.2, 0.25) is 0 Å². The molecule has 3 rings (SSSR count). The molecule has 1 amide bonds. The molecule has 0 bridgehead atoms. The lowest BCUT2D eigenvalue weighted by molar-refractivity contribution is 0.0782. The van der Waals surface area contributed by atoms with Gasteiger partial charge in [-0.15, -0.1) is 0 Å². The van der Waals surface area contributed by atoms with Crippen molar-refractivity contribution < 1.29 is 9.21 Å². The maximum absolute atomic E-state index is 12.7. The van der Waals surface area contributed by atoms with E-state index in [1.807, 2.05) is 19.1 Å². The van der Waals surface area contributed by atoms with Crippen molar-refractivity contribution in [3.05, 3.63) is 51.4 Å². The number of carbonyl (C=O) groups excluding carboxylic acids is 1. The number of hydrogen-bond acceptors (Lipinski definition) is 4. The maximum Gasteiger partial charge on any atom is 0.254 e. The number of halogens is 1. The third-order valence-corrected chi connectivity index (χ3v) is 4.68. The molecule has 0 fully saturated rings. The van der Waals surface area contributed by atoms with Gasteiger partial charge in [-0.1, -0.05) is 0 Å². The molecule has 23 heavy (non-hydrogen) atoms. The number of rotatable bonds is 3. The molecule has 3 aromatic rings. The molecule has 1 aromatic carbocycles. The molecule has 0 atom stereocenters. The Morgan fingerprint density at radius 1 is 1.52 bits per heavy atom. The molecule has 2 heterocycles. The monoisotopic (exact) mass is 372 g/mol. The van der Waals surface area contributed by atoms with E-state index in [4.69, 9.17) is 9.68 Å². The van der Waals surface area contributed by atoms with Gasteiger partial charge in [0.1, 0.15) is 11.7 Å². The second-order valence-electron chi connectivity index (χ2n) is 5.24. The number of aromatic nitrogens is 2. The van der Waals surface area contributed by atoms with Crippen LogP contribution in [0.1, 0.15) is 27.4 Å². The van der Waals surface area contributed by atoms with Crippen molar-refractivity contribution in [3.63, 3.8) is 0 Å². The average Bonchev–Trinajstić information content (AvgIpc) is 3.19. The van der Waals surface area contributed by atoms with Gasteiger partial charge in [0, 0.05) is 34.7 Å². The molecule has 1 N–H and O–H groups in total. The lowest BCUT2D eigenvalue weighted by atomic mass is 10.0. The zero-order valence-corrected chi connectivity index (χ0v) is 14.1. The first-order valence-electron chi connectivity index (χ1n) is 6.87. The number of carbonyl (C=O) groups is 1. The van der Waals surface area contributed by atoms with Gasteiger partial charge in [0.2, 0.25) is 5.76 Å². The van der Waals surface area contributed by atoms with Crippen molar-refractivity contribution in [2.75, 3.05) is 7.05 Å². The van der Waals surface area contributed by atoms with Crippen LogP contribution in [-0.4, -0.2) is 28.1 Å². The van der Waals surface area contributed by atoms with Crippen LogP contribution in [0.4, 0.5) is 0 Å². The summed E-state index contributed by atoms with van der Waals surface area (Å²) in [6, 6.07) is 7.14. The number of fused-ring (bicyclic) bond motifs is 1. The van der Waals surface area contributed by atoms with E-state index < -0.39 is 0 Å². The van der Waals surface area contributed by atoms with E-state index in [9.17, 15) is 4.79 Å². The first-order chi connectivity index (χ1) is 11.0. The van der Waals surface area contributed by atoms with Crippen LogP contribution >= 0.6 is 15.9 Å². The number of nitrogens with zero attached hydrogens (tertiary/aromatic N) is 3. The first-order valence-corrected chi connectivity index (χ1v) is 7.67. The molecule has 0 saturated heterocycles. The summed E-state index contributed by atoms with van der Waals surface area (Å²) in [4.78, 5) is 14.3. The first kappa shape index (κ1) is 15.3. The van der Waals surface area contributed by atoms with Crippen molar-refractivity contribution in [2.24, 2.45) is 0 Å². The van der Waals surface area contributed by atoms with Crippen molar-refractivity contribution in [3.8, 4) is 6.07 Å². The minimum atomic E-state index is -0.130. The number of amides is 1. The molecule has 0 aliphatic rings. The second-order valence-corrected chi connectivity index (χ2v) is 6.03. The summed E-state index contributed by atoms with van der Waals surface area (Å²) in [6.07, 6.45) is 1.65. The van der Waals surface area contributed by atoms with E-state index in [2.05, 4.69) is 26.1 Å². The van der Waals surface area contributed by atoms with Crippen LogP contribution in [0.25, 0.3) is 11.0 Å².